The monoisotopic (exact) mass is 461 g/mol. The molecule has 0 spiro atoms. The van der Waals surface area contributed by atoms with E-state index >= 15 is 0 Å². The van der Waals surface area contributed by atoms with Crippen molar-refractivity contribution >= 4 is 34.3 Å². The molecule has 3 heterocycles. The molecule has 158 valence electrons. The Morgan fingerprint density at radius 3 is 2.72 bits per heavy atom. The van der Waals surface area contributed by atoms with Crippen LogP contribution >= 0.6 is 23.4 Å². The van der Waals surface area contributed by atoms with E-state index in [0.29, 0.717) is 50.0 Å². The number of hydrogen-bond donors (Lipinski definition) is 0. The highest BCUT2D eigenvalue weighted by Gasteiger charge is 2.17. The van der Waals surface area contributed by atoms with Crippen molar-refractivity contribution in [1.29, 1.82) is 0 Å². The molecule has 0 aliphatic carbocycles. The molecule has 0 aliphatic heterocycles. The first-order valence-corrected chi connectivity index (χ1v) is 11.1. The summed E-state index contributed by atoms with van der Waals surface area (Å²) in [6.07, 6.45) is 1.68. The van der Waals surface area contributed by atoms with Crippen LogP contribution in [0.4, 0.5) is 0 Å². The summed E-state index contributed by atoms with van der Waals surface area (Å²) in [4.78, 5) is 22.4. The minimum absolute atomic E-state index is 0.182. The highest BCUT2D eigenvalue weighted by molar-refractivity contribution is 7.98. The van der Waals surface area contributed by atoms with Crippen LogP contribution in [0.25, 0.3) is 28.2 Å². The van der Waals surface area contributed by atoms with Crippen molar-refractivity contribution in [2.24, 2.45) is 0 Å². The van der Waals surface area contributed by atoms with Crippen LogP contribution in [0, 0.1) is 6.92 Å². The molecule has 2 aromatic carbocycles. The van der Waals surface area contributed by atoms with Gasteiger partial charge in [-0.05, 0) is 48.9 Å². The van der Waals surface area contributed by atoms with Crippen molar-refractivity contribution in [2.45, 2.75) is 17.8 Å². The molecule has 0 amide bonds. The fourth-order valence-electron chi connectivity index (χ4n) is 3.24. The Bertz CT molecular complexity index is 1500. The van der Waals surface area contributed by atoms with E-state index in [0.717, 1.165) is 5.56 Å². The molecule has 5 aromatic rings. The summed E-state index contributed by atoms with van der Waals surface area (Å²) in [7, 11) is 0. The van der Waals surface area contributed by atoms with Gasteiger partial charge in [0.05, 0.1) is 27.2 Å². The molecule has 9 heteroatoms. The van der Waals surface area contributed by atoms with Crippen LogP contribution in [0.3, 0.4) is 0 Å². The molecule has 3 aromatic heterocycles. The van der Waals surface area contributed by atoms with Gasteiger partial charge in [0.1, 0.15) is 5.82 Å². The van der Waals surface area contributed by atoms with Crippen molar-refractivity contribution in [3.05, 3.63) is 93.7 Å². The van der Waals surface area contributed by atoms with Gasteiger partial charge in [-0.2, -0.15) is 0 Å². The Morgan fingerprint density at radius 1 is 1.06 bits per heavy atom. The van der Waals surface area contributed by atoms with Crippen LogP contribution in [-0.4, -0.2) is 24.7 Å². The highest BCUT2D eigenvalue weighted by atomic mass is 35.5. The molecule has 0 N–H and O–H groups in total. The van der Waals surface area contributed by atoms with E-state index in [9.17, 15) is 4.79 Å². The lowest BCUT2D eigenvalue weighted by Crippen LogP contribution is -2.22. The predicted octanol–water partition coefficient (Wildman–Crippen LogP) is 5.08. The Morgan fingerprint density at radius 2 is 1.88 bits per heavy atom. The molecule has 0 bridgehead atoms. The Labute approximate surface area is 192 Å². The number of halogens is 1. The third-order valence-electron chi connectivity index (χ3n) is 4.77. The molecule has 7 nitrogen and oxygen atoms in total. The van der Waals surface area contributed by atoms with Crippen molar-refractivity contribution < 1.29 is 4.42 Å². The zero-order chi connectivity index (χ0) is 22.1. The molecule has 0 aliphatic rings. The van der Waals surface area contributed by atoms with Gasteiger partial charge in [-0.15, -0.1) is 10.2 Å². The van der Waals surface area contributed by atoms with Gasteiger partial charge >= 0.3 is 0 Å². The molecule has 0 atom stereocenters. The quantitative estimate of drug-likeness (QED) is 0.266. The minimum Gasteiger partial charge on any atom is -0.420 e. The number of rotatable bonds is 5. The smallest absolute Gasteiger partial charge is 0.267 e. The Hall–Kier alpha value is -3.49. The van der Waals surface area contributed by atoms with Crippen LogP contribution in [0.5, 0.6) is 0 Å². The standard InChI is InChI=1S/C23H16ClN5O2S/c1-14-10-11-25-19(12-14)29-22(30)16-7-3-5-9-18(16)26-23(29)32-13-20-27-28-21(31-20)15-6-2-4-8-17(15)24/h2-12H,13H2,1H3. The van der Waals surface area contributed by atoms with Gasteiger partial charge in [0.2, 0.25) is 11.8 Å². The van der Waals surface area contributed by atoms with E-state index in [1.54, 1.807) is 18.3 Å². The average molecular weight is 462 g/mol. The number of nitrogens with zero attached hydrogens (tertiary/aromatic N) is 5. The van der Waals surface area contributed by atoms with Crippen molar-refractivity contribution in [1.82, 2.24) is 24.7 Å². The second-order valence-corrected chi connectivity index (χ2v) is 8.36. The topological polar surface area (TPSA) is 86.7 Å². The van der Waals surface area contributed by atoms with E-state index in [2.05, 4.69) is 15.2 Å². The lowest BCUT2D eigenvalue weighted by Gasteiger charge is -2.12. The number of benzene rings is 2. The van der Waals surface area contributed by atoms with Gasteiger partial charge < -0.3 is 4.42 Å². The number of pyridine rings is 1. The zero-order valence-electron chi connectivity index (χ0n) is 16.9. The molecule has 0 saturated heterocycles. The van der Waals surface area contributed by atoms with Gasteiger partial charge in [-0.1, -0.05) is 47.6 Å². The number of thioether (sulfide) groups is 1. The van der Waals surface area contributed by atoms with Gasteiger partial charge in [-0.25, -0.2) is 14.5 Å². The minimum atomic E-state index is -0.182. The maximum absolute atomic E-state index is 13.3. The molecule has 0 fully saturated rings. The summed E-state index contributed by atoms with van der Waals surface area (Å²) in [6, 6.07) is 18.3. The summed E-state index contributed by atoms with van der Waals surface area (Å²) in [5.74, 6) is 1.58. The van der Waals surface area contributed by atoms with Gasteiger partial charge in [0.25, 0.3) is 5.56 Å². The first-order chi connectivity index (χ1) is 15.6. The highest BCUT2D eigenvalue weighted by Crippen LogP contribution is 2.28. The van der Waals surface area contributed by atoms with Gasteiger partial charge in [-0.3, -0.25) is 4.79 Å². The fourth-order valence-corrected chi connectivity index (χ4v) is 4.29. The van der Waals surface area contributed by atoms with Crippen molar-refractivity contribution in [2.75, 3.05) is 0 Å². The molecule has 0 saturated carbocycles. The molecule has 5 rings (SSSR count). The van der Waals surface area contributed by atoms with Gasteiger partial charge in [0, 0.05) is 6.20 Å². The Balaban J connectivity index is 1.53. The number of hydrogen-bond acceptors (Lipinski definition) is 7. The van der Waals surface area contributed by atoms with E-state index in [-0.39, 0.29) is 5.56 Å². The summed E-state index contributed by atoms with van der Waals surface area (Å²) in [5.41, 5.74) is 2.10. The predicted molar refractivity (Wildman–Crippen MR) is 124 cm³/mol. The summed E-state index contributed by atoms with van der Waals surface area (Å²) < 4.78 is 7.32. The zero-order valence-corrected chi connectivity index (χ0v) is 18.5. The molecule has 32 heavy (non-hydrogen) atoms. The van der Waals surface area contributed by atoms with Crippen LogP contribution in [-0.2, 0) is 5.75 Å². The maximum atomic E-state index is 13.3. The molecule has 0 radical (unpaired) electrons. The summed E-state index contributed by atoms with van der Waals surface area (Å²) in [6.45, 7) is 1.95. The van der Waals surface area contributed by atoms with Crippen LogP contribution in [0.2, 0.25) is 5.02 Å². The van der Waals surface area contributed by atoms with Crippen molar-refractivity contribution in [3.8, 4) is 17.3 Å². The van der Waals surface area contributed by atoms with E-state index in [1.165, 1.54) is 16.3 Å². The lowest BCUT2D eigenvalue weighted by atomic mass is 10.2. The molecular weight excluding hydrogens is 446 g/mol. The Kier molecular flexibility index (Phi) is 5.46. The third-order valence-corrected chi connectivity index (χ3v) is 6.02. The number of aromatic nitrogens is 5. The first-order valence-electron chi connectivity index (χ1n) is 9.75. The van der Waals surface area contributed by atoms with Gasteiger partial charge in [0.15, 0.2) is 5.16 Å². The van der Waals surface area contributed by atoms with E-state index in [1.807, 2.05) is 55.5 Å². The van der Waals surface area contributed by atoms with E-state index < -0.39 is 0 Å². The SMILES string of the molecule is Cc1ccnc(-n2c(SCc3nnc(-c4ccccc4Cl)o3)nc3ccccc3c2=O)c1. The third kappa shape index (κ3) is 3.90. The summed E-state index contributed by atoms with van der Waals surface area (Å²) in [5, 5.41) is 9.78. The largest absolute Gasteiger partial charge is 0.420 e. The van der Waals surface area contributed by atoms with E-state index in [4.69, 9.17) is 21.0 Å². The summed E-state index contributed by atoms with van der Waals surface area (Å²) >= 11 is 7.55. The fraction of sp³-hybridized carbons (Fsp3) is 0.0870. The first kappa shape index (κ1) is 20.4. The molecular formula is C23H16ClN5O2S. The maximum Gasteiger partial charge on any atom is 0.267 e. The second kappa shape index (κ2) is 8.57. The normalized spacial score (nSPS) is 11.2. The lowest BCUT2D eigenvalue weighted by molar-refractivity contribution is 0.528. The van der Waals surface area contributed by atoms with Crippen molar-refractivity contribution in [3.63, 3.8) is 0 Å². The number of aryl methyl sites for hydroxylation is 1. The number of fused-ring (bicyclic) bond motifs is 1. The second-order valence-electron chi connectivity index (χ2n) is 7.01. The average Bonchev–Trinajstić information content (AvgIpc) is 3.27. The number of para-hydroxylation sites is 1. The van der Waals surface area contributed by atoms with Crippen LogP contribution in [0.15, 0.2) is 81.2 Å². The molecule has 0 unspecified atom stereocenters. The van der Waals surface area contributed by atoms with Crippen LogP contribution < -0.4 is 5.56 Å². The van der Waals surface area contributed by atoms with Crippen LogP contribution in [0.1, 0.15) is 11.5 Å².